The van der Waals surface area contributed by atoms with E-state index in [-0.39, 0.29) is 11.5 Å². The van der Waals surface area contributed by atoms with E-state index in [1.807, 2.05) is 27.7 Å². The molecule has 4 nitrogen and oxygen atoms in total. The largest absolute Gasteiger partial charge is 0.574 e. The molecule has 0 saturated carbocycles. The van der Waals surface area contributed by atoms with Crippen LogP contribution in [-0.4, -0.2) is 33.5 Å². The summed E-state index contributed by atoms with van der Waals surface area (Å²) in [5, 5.41) is 0.0481. The summed E-state index contributed by atoms with van der Waals surface area (Å²) < 4.78 is 17.5. The summed E-state index contributed by atoms with van der Waals surface area (Å²) in [6.45, 7) is 10.9. The highest BCUT2D eigenvalue weighted by atomic mass is 28.4. The van der Waals surface area contributed by atoms with Crippen molar-refractivity contribution in [2.24, 2.45) is 0 Å². The number of hydrogen-bond acceptors (Lipinski definition) is 4. The van der Waals surface area contributed by atoms with Crippen molar-refractivity contribution in [3.05, 3.63) is 0 Å². The SMILES string of the molecule is CCCCCCCCC(=O)[Si](OCC)(OCC)OC(C)CC. The van der Waals surface area contributed by atoms with Gasteiger partial charge in [-0.25, -0.2) is 0 Å². The van der Waals surface area contributed by atoms with Crippen molar-refractivity contribution in [3.8, 4) is 0 Å². The molecule has 0 rings (SSSR count). The van der Waals surface area contributed by atoms with E-state index >= 15 is 0 Å². The fourth-order valence-corrected chi connectivity index (χ4v) is 4.90. The second-order valence-corrected chi connectivity index (χ2v) is 8.18. The molecule has 1 unspecified atom stereocenters. The molecule has 0 radical (unpaired) electrons. The van der Waals surface area contributed by atoms with Gasteiger partial charge in [0.05, 0.1) is 0 Å². The highest BCUT2D eigenvalue weighted by Gasteiger charge is 2.50. The summed E-state index contributed by atoms with van der Waals surface area (Å²) in [6, 6.07) is 0. The van der Waals surface area contributed by atoms with E-state index in [0.29, 0.717) is 19.6 Å². The van der Waals surface area contributed by atoms with Gasteiger partial charge in [-0.05, 0) is 33.6 Å². The summed E-state index contributed by atoms with van der Waals surface area (Å²) in [7, 11) is -3.20. The molecule has 0 saturated heterocycles. The van der Waals surface area contributed by atoms with Crippen LogP contribution in [0.3, 0.4) is 0 Å². The minimum Gasteiger partial charge on any atom is -0.369 e. The van der Waals surface area contributed by atoms with E-state index in [2.05, 4.69) is 6.92 Å². The van der Waals surface area contributed by atoms with Crippen molar-refractivity contribution in [1.82, 2.24) is 0 Å². The lowest BCUT2D eigenvalue weighted by Gasteiger charge is -2.30. The number of carbonyl (C=O) groups excluding carboxylic acids is 1. The zero-order chi connectivity index (χ0) is 16.8. The van der Waals surface area contributed by atoms with Crippen molar-refractivity contribution in [2.45, 2.75) is 92.1 Å². The van der Waals surface area contributed by atoms with Gasteiger partial charge in [0, 0.05) is 25.7 Å². The van der Waals surface area contributed by atoms with Gasteiger partial charge in [0.1, 0.15) is 0 Å². The van der Waals surface area contributed by atoms with Crippen molar-refractivity contribution < 1.29 is 18.1 Å². The number of unbranched alkanes of at least 4 members (excludes halogenated alkanes) is 5. The average molecular weight is 333 g/mol. The lowest BCUT2D eigenvalue weighted by atomic mass is 10.1. The predicted octanol–water partition coefficient (Wildman–Crippen LogP) is 4.67. The summed E-state index contributed by atoms with van der Waals surface area (Å²) >= 11 is 0. The van der Waals surface area contributed by atoms with Crippen LogP contribution in [0.4, 0.5) is 0 Å². The molecule has 5 heteroatoms. The standard InChI is InChI=1S/C17H36O4Si/c1-6-10-11-12-13-14-15-17(18)22(19-8-3,20-9-4)21-16(5)7-2/h16H,6-15H2,1-5H3. The first-order valence-electron chi connectivity index (χ1n) is 9.05. The van der Waals surface area contributed by atoms with Crippen LogP contribution in [0.2, 0.25) is 0 Å². The molecular weight excluding hydrogens is 296 g/mol. The Morgan fingerprint density at radius 1 is 0.909 bits per heavy atom. The first-order valence-corrected chi connectivity index (χ1v) is 10.8. The second-order valence-electron chi connectivity index (χ2n) is 5.70. The Hall–Kier alpha value is -0.233. The van der Waals surface area contributed by atoms with Crippen LogP contribution >= 0.6 is 0 Å². The molecule has 0 N–H and O–H groups in total. The third kappa shape index (κ3) is 8.41. The predicted molar refractivity (Wildman–Crippen MR) is 92.8 cm³/mol. The smallest absolute Gasteiger partial charge is 0.369 e. The van der Waals surface area contributed by atoms with E-state index in [0.717, 1.165) is 19.3 Å². The maximum atomic E-state index is 12.7. The summed E-state index contributed by atoms with van der Waals surface area (Å²) in [6.07, 6.45) is 8.32. The second kappa shape index (κ2) is 13.2. The van der Waals surface area contributed by atoms with Gasteiger partial charge in [0.2, 0.25) is 5.41 Å². The Labute approximate surface area is 138 Å². The Bertz CT molecular complexity index is 278. The number of rotatable bonds is 15. The van der Waals surface area contributed by atoms with Crippen LogP contribution in [0.25, 0.3) is 0 Å². The Morgan fingerprint density at radius 3 is 1.95 bits per heavy atom. The molecule has 0 aromatic carbocycles. The maximum absolute atomic E-state index is 12.7. The van der Waals surface area contributed by atoms with E-state index < -0.39 is 8.80 Å². The van der Waals surface area contributed by atoms with Gasteiger partial charge in [-0.1, -0.05) is 46.0 Å². The molecule has 1 atom stereocenters. The van der Waals surface area contributed by atoms with Crippen LogP contribution < -0.4 is 0 Å². The highest BCUT2D eigenvalue weighted by Crippen LogP contribution is 2.19. The van der Waals surface area contributed by atoms with Gasteiger partial charge in [-0.15, -0.1) is 0 Å². The minimum atomic E-state index is -3.20. The van der Waals surface area contributed by atoms with Crippen molar-refractivity contribution in [1.29, 1.82) is 0 Å². The maximum Gasteiger partial charge on any atom is 0.574 e. The molecule has 0 aliphatic carbocycles. The summed E-state index contributed by atoms with van der Waals surface area (Å²) in [5.41, 5.74) is 0. The highest BCUT2D eigenvalue weighted by molar-refractivity contribution is 6.92. The fourth-order valence-electron chi connectivity index (χ4n) is 2.28. The molecule has 0 heterocycles. The lowest BCUT2D eigenvalue weighted by molar-refractivity contribution is -0.120. The van der Waals surface area contributed by atoms with Gasteiger partial charge in [-0.3, -0.25) is 4.79 Å². The topological polar surface area (TPSA) is 44.8 Å². The van der Waals surface area contributed by atoms with E-state index in [1.54, 1.807) is 0 Å². The van der Waals surface area contributed by atoms with Gasteiger partial charge in [-0.2, -0.15) is 0 Å². The quantitative estimate of drug-likeness (QED) is 0.323. The molecule has 22 heavy (non-hydrogen) atoms. The molecular formula is C17H36O4Si. The zero-order valence-electron chi connectivity index (χ0n) is 15.3. The molecule has 0 aromatic heterocycles. The Balaban J connectivity index is 4.52. The molecule has 0 aliphatic rings. The van der Waals surface area contributed by atoms with E-state index in [4.69, 9.17) is 13.3 Å². The number of carbonyl (C=O) groups is 1. The van der Waals surface area contributed by atoms with Gasteiger partial charge in [0.25, 0.3) is 0 Å². The zero-order valence-corrected chi connectivity index (χ0v) is 16.3. The minimum absolute atomic E-state index is 0.0155. The molecule has 0 spiro atoms. The molecule has 0 amide bonds. The third-order valence-electron chi connectivity index (χ3n) is 3.70. The molecule has 0 fully saturated rings. The number of hydrogen-bond donors (Lipinski definition) is 0. The molecule has 132 valence electrons. The van der Waals surface area contributed by atoms with Crippen LogP contribution in [0.5, 0.6) is 0 Å². The first kappa shape index (κ1) is 21.8. The van der Waals surface area contributed by atoms with E-state index in [9.17, 15) is 4.79 Å². The molecule has 0 aliphatic heterocycles. The molecule has 0 bridgehead atoms. The monoisotopic (exact) mass is 332 g/mol. The Morgan fingerprint density at radius 2 is 1.45 bits per heavy atom. The average Bonchev–Trinajstić information content (AvgIpc) is 2.50. The third-order valence-corrected chi connectivity index (χ3v) is 6.68. The normalized spacial score (nSPS) is 13.3. The summed E-state index contributed by atoms with van der Waals surface area (Å²) in [5.74, 6) is 0. The van der Waals surface area contributed by atoms with Crippen molar-refractivity contribution in [3.63, 3.8) is 0 Å². The van der Waals surface area contributed by atoms with E-state index in [1.165, 1.54) is 25.7 Å². The molecule has 0 aromatic rings. The van der Waals surface area contributed by atoms with Crippen LogP contribution in [-0.2, 0) is 18.1 Å². The van der Waals surface area contributed by atoms with Gasteiger partial charge >= 0.3 is 8.80 Å². The van der Waals surface area contributed by atoms with Crippen molar-refractivity contribution >= 4 is 14.2 Å². The van der Waals surface area contributed by atoms with Crippen LogP contribution in [0, 0.1) is 0 Å². The Kier molecular flexibility index (Phi) is 13.1. The fraction of sp³-hybridized carbons (Fsp3) is 0.941. The van der Waals surface area contributed by atoms with Crippen LogP contribution in [0.1, 0.15) is 86.0 Å². The summed E-state index contributed by atoms with van der Waals surface area (Å²) in [4.78, 5) is 12.7. The first-order chi connectivity index (χ1) is 10.6. The van der Waals surface area contributed by atoms with Crippen LogP contribution in [0.15, 0.2) is 0 Å². The lowest BCUT2D eigenvalue weighted by Crippen LogP contribution is -2.55. The van der Waals surface area contributed by atoms with Gasteiger partial charge in [0.15, 0.2) is 0 Å². The van der Waals surface area contributed by atoms with Gasteiger partial charge < -0.3 is 13.3 Å². The van der Waals surface area contributed by atoms with Crippen molar-refractivity contribution in [2.75, 3.05) is 13.2 Å².